The van der Waals surface area contributed by atoms with Crippen LogP contribution in [0.1, 0.15) is 33.1 Å². The number of para-hydroxylation sites is 1. The first kappa shape index (κ1) is 14.5. The topological polar surface area (TPSA) is 44.8 Å². The second-order valence-corrected chi connectivity index (χ2v) is 4.00. The molecule has 1 atom stereocenters. The molecule has 1 aromatic carbocycles. The Labute approximate surface area is 108 Å². The van der Waals surface area contributed by atoms with E-state index in [1.165, 1.54) is 0 Å². The quantitative estimate of drug-likeness (QED) is 0.405. The van der Waals surface area contributed by atoms with E-state index in [1.807, 2.05) is 18.2 Å². The summed E-state index contributed by atoms with van der Waals surface area (Å²) >= 11 is 0. The third kappa shape index (κ3) is 5.68. The van der Waals surface area contributed by atoms with Crippen molar-refractivity contribution in [3.05, 3.63) is 30.3 Å². The maximum Gasteiger partial charge on any atom is 0.382 e. The highest BCUT2D eigenvalue weighted by Gasteiger charge is 2.17. The van der Waals surface area contributed by atoms with Crippen molar-refractivity contribution in [1.82, 2.24) is 0 Å². The highest BCUT2D eigenvalue weighted by molar-refractivity contribution is 5.73. The van der Waals surface area contributed by atoms with Gasteiger partial charge in [-0.2, -0.15) is 4.89 Å². The number of hydrogen-bond donors (Lipinski definition) is 0. The van der Waals surface area contributed by atoms with E-state index in [9.17, 15) is 4.79 Å². The van der Waals surface area contributed by atoms with Crippen LogP contribution in [0.4, 0.5) is 0 Å². The molecule has 0 radical (unpaired) electrons. The van der Waals surface area contributed by atoms with Gasteiger partial charge in [0.1, 0.15) is 5.75 Å². The smallest absolute Gasteiger partial charge is 0.382 e. The second-order valence-electron chi connectivity index (χ2n) is 4.00. The molecule has 4 nitrogen and oxygen atoms in total. The van der Waals surface area contributed by atoms with Crippen molar-refractivity contribution in [3.8, 4) is 5.75 Å². The summed E-state index contributed by atoms with van der Waals surface area (Å²) in [7, 11) is 0. The van der Waals surface area contributed by atoms with E-state index in [0.29, 0.717) is 12.4 Å². The summed E-state index contributed by atoms with van der Waals surface area (Å²) in [6.45, 7) is 4.16. The Morgan fingerprint density at radius 1 is 1.22 bits per heavy atom. The molecule has 18 heavy (non-hydrogen) atoms. The van der Waals surface area contributed by atoms with Crippen LogP contribution in [0.5, 0.6) is 5.75 Å². The average molecular weight is 252 g/mol. The Bertz CT molecular complexity index is 337. The molecule has 0 fully saturated rings. The number of benzene rings is 1. The third-order valence-corrected chi connectivity index (χ3v) is 2.36. The Morgan fingerprint density at radius 2 is 1.94 bits per heavy atom. The molecule has 0 saturated carbocycles. The van der Waals surface area contributed by atoms with Gasteiger partial charge in [0, 0.05) is 0 Å². The van der Waals surface area contributed by atoms with Gasteiger partial charge in [0.15, 0.2) is 6.10 Å². The van der Waals surface area contributed by atoms with Gasteiger partial charge in [0.2, 0.25) is 0 Å². The predicted molar refractivity (Wildman–Crippen MR) is 68.1 cm³/mol. The van der Waals surface area contributed by atoms with Gasteiger partial charge in [0.25, 0.3) is 0 Å². The lowest BCUT2D eigenvalue weighted by Gasteiger charge is -2.12. The normalized spacial score (nSPS) is 11.9. The van der Waals surface area contributed by atoms with Crippen LogP contribution in [0.25, 0.3) is 0 Å². The first-order valence-electron chi connectivity index (χ1n) is 6.29. The standard InChI is InChI=1S/C14H20O4/c1-3-4-8-11-16-18-14(15)12(2)17-13-9-6-5-7-10-13/h5-7,9-10,12H,3-4,8,11H2,1-2H3. The van der Waals surface area contributed by atoms with E-state index in [-0.39, 0.29) is 0 Å². The molecule has 0 spiro atoms. The molecular weight excluding hydrogens is 232 g/mol. The SMILES string of the molecule is CCCCCOOC(=O)C(C)Oc1ccccc1. The van der Waals surface area contributed by atoms with E-state index >= 15 is 0 Å². The van der Waals surface area contributed by atoms with E-state index < -0.39 is 12.1 Å². The maximum absolute atomic E-state index is 11.5. The number of carbonyl (C=O) groups is 1. The van der Waals surface area contributed by atoms with Gasteiger partial charge in [-0.25, -0.2) is 4.79 Å². The highest BCUT2D eigenvalue weighted by Crippen LogP contribution is 2.11. The summed E-state index contributed by atoms with van der Waals surface area (Å²) < 4.78 is 5.40. The second kappa shape index (κ2) is 8.53. The highest BCUT2D eigenvalue weighted by atomic mass is 17.2. The molecule has 1 aromatic rings. The van der Waals surface area contributed by atoms with Gasteiger partial charge in [-0.05, 0) is 25.5 Å². The molecule has 0 bridgehead atoms. The zero-order valence-electron chi connectivity index (χ0n) is 10.9. The molecule has 0 heterocycles. The van der Waals surface area contributed by atoms with Crippen molar-refractivity contribution in [2.75, 3.05) is 6.61 Å². The molecule has 0 aliphatic rings. The third-order valence-electron chi connectivity index (χ3n) is 2.36. The molecule has 0 amide bonds. The van der Waals surface area contributed by atoms with E-state index in [1.54, 1.807) is 19.1 Å². The van der Waals surface area contributed by atoms with Gasteiger partial charge >= 0.3 is 5.97 Å². The molecule has 0 N–H and O–H groups in total. The number of unbranched alkanes of at least 4 members (excludes halogenated alkanes) is 2. The molecule has 1 unspecified atom stereocenters. The van der Waals surface area contributed by atoms with Crippen LogP contribution >= 0.6 is 0 Å². The molecule has 0 aliphatic heterocycles. The lowest BCUT2D eigenvalue weighted by molar-refractivity contribution is -0.277. The minimum Gasteiger partial charge on any atom is -0.479 e. The zero-order valence-corrected chi connectivity index (χ0v) is 10.9. The van der Waals surface area contributed by atoms with Crippen LogP contribution in [0, 0.1) is 0 Å². The van der Waals surface area contributed by atoms with E-state index in [4.69, 9.17) is 9.62 Å². The average Bonchev–Trinajstić information content (AvgIpc) is 2.39. The van der Waals surface area contributed by atoms with Crippen molar-refractivity contribution in [2.24, 2.45) is 0 Å². The van der Waals surface area contributed by atoms with Crippen LogP contribution in [-0.4, -0.2) is 18.7 Å². The first-order valence-corrected chi connectivity index (χ1v) is 6.29. The molecule has 0 aliphatic carbocycles. The summed E-state index contributed by atoms with van der Waals surface area (Å²) in [5.74, 6) is 0.114. The Morgan fingerprint density at radius 3 is 2.61 bits per heavy atom. The fourth-order valence-electron chi connectivity index (χ4n) is 1.33. The van der Waals surface area contributed by atoms with Gasteiger partial charge in [-0.1, -0.05) is 38.0 Å². The van der Waals surface area contributed by atoms with Crippen molar-refractivity contribution < 1.29 is 19.3 Å². The molecule has 0 saturated heterocycles. The van der Waals surface area contributed by atoms with Gasteiger partial charge in [-0.3, -0.25) is 4.89 Å². The van der Waals surface area contributed by atoms with Crippen molar-refractivity contribution in [1.29, 1.82) is 0 Å². The van der Waals surface area contributed by atoms with Crippen LogP contribution in [0.3, 0.4) is 0 Å². The largest absolute Gasteiger partial charge is 0.479 e. The van der Waals surface area contributed by atoms with Crippen LogP contribution < -0.4 is 4.74 Å². The molecule has 4 heteroatoms. The van der Waals surface area contributed by atoms with Gasteiger partial charge in [-0.15, -0.1) is 0 Å². The molecule has 100 valence electrons. The van der Waals surface area contributed by atoms with E-state index in [2.05, 4.69) is 11.8 Å². The van der Waals surface area contributed by atoms with Crippen LogP contribution in [0.15, 0.2) is 30.3 Å². The minimum absolute atomic E-state index is 0.428. The van der Waals surface area contributed by atoms with Crippen LogP contribution in [0.2, 0.25) is 0 Å². The summed E-state index contributed by atoms with van der Waals surface area (Å²) in [5, 5.41) is 0. The maximum atomic E-state index is 11.5. The van der Waals surface area contributed by atoms with Crippen molar-refractivity contribution >= 4 is 5.97 Å². The van der Waals surface area contributed by atoms with Crippen molar-refractivity contribution in [2.45, 2.75) is 39.2 Å². The Hall–Kier alpha value is -1.55. The monoisotopic (exact) mass is 252 g/mol. The van der Waals surface area contributed by atoms with Crippen LogP contribution in [-0.2, 0) is 14.6 Å². The first-order chi connectivity index (χ1) is 8.74. The van der Waals surface area contributed by atoms with E-state index in [0.717, 1.165) is 19.3 Å². The lowest BCUT2D eigenvalue weighted by atomic mass is 10.3. The number of ether oxygens (including phenoxy) is 1. The summed E-state index contributed by atoms with van der Waals surface area (Å²) in [6.07, 6.45) is 2.37. The molecule has 0 aromatic heterocycles. The minimum atomic E-state index is -0.682. The summed E-state index contributed by atoms with van der Waals surface area (Å²) in [4.78, 5) is 21.0. The number of hydrogen-bond acceptors (Lipinski definition) is 4. The van der Waals surface area contributed by atoms with Gasteiger partial charge in [0.05, 0.1) is 6.61 Å². The van der Waals surface area contributed by atoms with Gasteiger partial charge < -0.3 is 4.74 Å². The fraction of sp³-hybridized carbons (Fsp3) is 0.500. The summed E-state index contributed by atoms with van der Waals surface area (Å²) in [5.41, 5.74) is 0. The number of rotatable bonds is 8. The van der Waals surface area contributed by atoms with Crippen molar-refractivity contribution in [3.63, 3.8) is 0 Å². The Balaban J connectivity index is 2.21. The Kier molecular flexibility index (Phi) is 6.87. The molecule has 1 rings (SSSR count). The zero-order chi connectivity index (χ0) is 13.2. The predicted octanol–water partition coefficient (Wildman–Crippen LogP) is 3.12. The molecular formula is C14H20O4. The number of carbonyl (C=O) groups excluding carboxylic acids is 1. The lowest BCUT2D eigenvalue weighted by Crippen LogP contribution is -2.26. The summed E-state index contributed by atoms with van der Waals surface area (Å²) in [6, 6.07) is 9.13. The fourth-order valence-corrected chi connectivity index (χ4v) is 1.33.